The number of aliphatic carboxylic acids is 1. The van der Waals surface area contributed by atoms with Crippen molar-refractivity contribution in [2.24, 2.45) is 0 Å². The van der Waals surface area contributed by atoms with Crippen molar-refractivity contribution < 1.29 is 19.4 Å². The third kappa shape index (κ3) is 6.53. The number of pyridine rings is 1. The van der Waals surface area contributed by atoms with Gasteiger partial charge in [-0.3, -0.25) is 4.79 Å². The molecule has 0 radical (unpaired) electrons. The average molecular weight is 510 g/mol. The van der Waals surface area contributed by atoms with Gasteiger partial charge in [0.1, 0.15) is 12.4 Å². The number of benzene rings is 2. The summed E-state index contributed by atoms with van der Waals surface area (Å²) in [6.45, 7) is 5.41. The molecule has 0 saturated carbocycles. The zero-order chi connectivity index (χ0) is 24.8. The predicted octanol–water partition coefficient (Wildman–Crippen LogP) is 6.74. The van der Waals surface area contributed by atoms with E-state index >= 15 is 0 Å². The lowest BCUT2D eigenvalue weighted by atomic mass is 9.94. The normalized spacial score (nSPS) is 14.5. The van der Waals surface area contributed by atoms with Crippen molar-refractivity contribution in [3.8, 4) is 22.8 Å². The number of hydrogen-bond donors (Lipinski definition) is 1. The van der Waals surface area contributed by atoms with Gasteiger partial charge in [-0.05, 0) is 83.9 Å². The van der Waals surface area contributed by atoms with Gasteiger partial charge in [0.15, 0.2) is 0 Å². The van der Waals surface area contributed by atoms with Crippen LogP contribution in [-0.4, -0.2) is 40.4 Å². The highest BCUT2D eigenvalue weighted by Crippen LogP contribution is 2.42. The number of ether oxygens (including phenoxy) is 2. The molecule has 0 saturated heterocycles. The maximum Gasteiger partial charge on any atom is 0.303 e. The molecule has 7 heteroatoms. The zero-order valence-corrected chi connectivity index (χ0v) is 22.0. The third-order valence-corrected chi connectivity index (χ3v) is 7.97. The third-order valence-electron chi connectivity index (χ3n) is 6.04. The molecular formula is C28H31NO4S2. The first-order valence-electron chi connectivity index (χ1n) is 11.7. The van der Waals surface area contributed by atoms with E-state index in [1.807, 2.05) is 17.8 Å². The van der Waals surface area contributed by atoms with Gasteiger partial charge in [-0.15, -0.1) is 11.8 Å². The second-order valence-corrected chi connectivity index (χ2v) is 10.8. The summed E-state index contributed by atoms with van der Waals surface area (Å²) >= 11 is 3.51. The van der Waals surface area contributed by atoms with Crippen molar-refractivity contribution in [2.75, 3.05) is 24.4 Å². The molecular weight excluding hydrogens is 478 g/mol. The lowest BCUT2D eigenvalue weighted by Gasteiger charge is -2.15. The number of carbonyl (C=O) groups is 1. The molecule has 1 atom stereocenters. The van der Waals surface area contributed by atoms with Gasteiger partial charge < -0.3 is 14.6 Å². The first-order valence-corrected chi connectivity index (χ1v) is 14.1. The molecule has 1 N–H and O–H groups in total. The molecule has 1 aliphatic rings. The summed E-state index contributed by atoms with van der Waals surface area (Å²) < 4.78 is 12.0. The van der Waals surface area contributed by atoms with E-state index in [1.165, 1.54) is 16.7 Å². The van der Waals surface area contributed by atoms with Gasteiger partial charge in [0.2, 0.25) is 5.88 Å². The molecule has 0 aliphatic carbocycles. The number of fused-ring (bicyclic) bond motifs is 1. The van der Waals surface area contributed by atoms with Crippen molar-refractivity contribution in [3.63, 3.8) is 0 Å². The molecule has 5 nitrogen and oxygen atoms in total. The van der Waals surface area contributed by atoms with Gasteiger partial charge in [-0.1, -0.05) is 18.2 Å². The van der Waals surface area contributed by atoms with Crippen molar-refractivity contribution in [1.29, 1.82) is 0 Å². The number of aromatic nitrogens is 1. The van der Waals surface area contributed by atoms with Crippen LogP contribution in [0.2, 0.25) is 0 Å². The zero-order valence-electron chi connectivity index (χ0n) is 20.4. The molecule has 1 aliphatic heterocycles. The summed E-state index contributed by atoms with van der Waals surface area (Å²) in [6, 6.07) is 14.6. The minimum absolute atomic E-state index is 0.0179. The molecule has 0 fully saturated rings. The highest BCUT2D eigenvalue weighted by atomic mass is 32.2. The Labute approximate surface area is 215 Å². The van der Waals surface area contributed by atoms with Gasteiger partial charge in [0.05, 0.1) is 13.0 Å². The molecule has 0 bridgehead atoms. The molecule has 2 aromatic carbocycles. The van der Waals surface area contributed by atoms with Gasteiger partial charge >= 0.3 is 5.97 Å². The van der Waals surface area contributed by atoms with E-state index in [4.69, 9.17) is 14.6 Å². The highest BCUT2D eigenvalue weighted by Gasteiger charge is 2.26. The van der Waals surface area contributed by atoms with Crippen LogP contribution >= 0.6 is 23.5 Å². The number of aryl methyl sites for hydroxylation is 2. The van der Waals surface area contributed by atoms with E-state index in [1.54, 1.807) is 18.0 Å². The van der Waals surface area contributed by atoms with Crippen LogP contribution in [-0.2, 0) is 11.4 Å². The molecule has 4 rings (SSSR count). The quantitative estimate of drug-likeness (QED) is 0.287. The number of carboxylic acid groups (broad SMARTS) is 1. The van der Waals surface area contributed by atoms with Crippen LogP contribution in [0.4, 0.5) is 0 Å². The predicted molar refractivity (Wildman–Crippen MR) is 144 cm³/mol. The summed E-state index contributed by atoms with van der Waals surface area (Å²) in [6.07, 6.45) is 5.07. The van der Waals surface area contributed by atoms with E-state index in [2.05, 4.69) is 61.5 Å². The Bertz CT molecular complexity index is 1170. The Kier molecular flexibility index (Phi) is 8.63. The van der Waals surface area contributed by atoms with Crippen LogP contribution in [0.3, 0.4) is 0 Å². The van der Waals surface area contributed by atoms with Gasteiger partial charge in [0.25, 0.3) is 0 Å². The Hall–Kier alpha value is -2.64. The number of thioether (sulfide) groups is 2. The monoisotopic (exact) mass is 509 g/mol. The lowest BCUT2D eigenvalue weighted by Crippen LogP contribution is -2.06. The number of nitrogens with zero attached hydrogens (tertiary/aromatic N) is 1. The lowest BCUT2D eigenvalue weighted by molar-refractivity contribution is -0.137. The summed E-state index contributed by atoms with van der Waals surface area (Å²) in [5, 5.41) is 9.11. The Morgan fingerprint density at radius 2 is 1.97 bits per heavy atom. The summed E-state index contributed by atoms with van der Waals surface area (Å²) in [5.74, 6) is 2.61. The fraction of sp³-hybridized carbons (Fsp3) is 0.357. The maximum absolute atomic E-state index is 11.1. The van der Waals surface area contributed by atoms with Crippen LogP contribution < -0.4 is 9.47 Å². The summed E-state index contributed by atoms with van der Waals surface area (Å²) in [7, 11) is 0. The van der Waals surface area contributed by atoms with Gasteiger partial charge in [-0.25, -0.2) is 4.98 Å². The first kappa shape index (κ1) is 25.5. The van der Waals surface area contributed by atoms with Crippen LogP contribution in [0.15, 0.2) is 53.6 Å². The number of hydrogen-bond acceptors (Lipinski definition) is 6. The van der Waals surface area contributed by atoms with E-state index in [-0.39, 0.29) is 12.3 Å². The maximum atomic E-state index is 11.1. The number of carboxylic acids is 1. The SMILES string of the molecule is CSCCCOc1cc(C)c(-c2cccc(COc3cc4c(cn3)[C@H](CC(=O)O)CS4)c2)c(C)c1. The average Bonchev–Trinajstić information content (AvgIpc) is 3.22. The molecule has 0 amide bonds. The first-order chi connectivity index (χ1) is 16.9. The topological polar surface area (TPSA) is 68.7 Å². The van der Waals surface area contributed by atoms with Crippen LogP contribution in [0.25, 0.3) is 11.1 Å². The summed E-state index contributed by atoms with van der Waals surface area (Å²) in [4.78, 5) is 16.6. The van der Waals surface area contributed by atoms with Crippen LogP contribution in [0, 0.1) is 13.8 Å². The van der Waals surface area contributed by atoms with E-state index in [9.17, 15) is 4.79 Å². The van der Waals surface area contributed by atoms with Gasteiger partial charge in [0, 0.05) is 28.8 Å². The molecule has 1 aromatic heterocycles. The fourth-order valence-electron chi connectivity index (χ4n) is 4.43. The fourth-order valence-corrected chi connectivity index (χ4v) is 6.08. The minimum atomic E-state index is -0.776. The smallest absolute Gasteiger partial charge is 0.303 e. The van der Waals surface area contributed by atoms with Crippen molar-refractivity contribution >= 4 is 29.5 Å². The minimum Gasteiger partial charge on any atom is -0.494 e. The van der Waals surface area contributed by atoms with Crippen LogP contribution in [0.1, 0.15) is 41.0 Å². The van der Waals surface area contributed by atoms with Crippen LogP contribution in [0.5, 0.6) is 11.6 Å². The standard InChI is InChI=1S/C28H31NO4S2/c1-18-10-23(32-8-5-9-34-3)11-19(2)28(18)21-7-4-6-20(12-21)16-33-26-14-25-24(15-29-26)22(17-35-25)13-27(30)31/h4,6-7,10-12,14-15,22H,5,8-9,13,16-17H2,1-3H3,(H,30,31)/t22-/m1/s1. The largest absolute Gasteiger partial charge is 0.494 e. The van der Waals surface area contributed by atoms with Crippen molar-refractivity contribution in [3.05, 3.63) is 70.9 Å². The van der Waals surface area contributed by atoms with E-state index in [0.717, 1.165) is 51.9 Å². The molecule has 0 spiro atoms. The van der Waals surface area contributed by atoms with Gasteiger partial charge in [-0.2, -0.15) is 11.8 Å². The molecule has 2 heterocycles. The molecule has 184 valence electrons. The van der Waals surface area contributed by atoms with E-state index < -0.39 is 5.97 Å². The second kappa shape index (κ2) is 11.9. The van der Waals surface area contributed by atoms with Crippen molar-refractivity contribution in [1.82, 2.24) is 4.98 Å². The second-order valence-electron chi connectivity index (χ2n) is 8.78. The summed E-state index contributed by atoms with van der Waals surface area (Å²) in [5.41, 5.74) is 6.84. The highest BCUT2D eigenvalue weighted by molar-refractivity contribution is 7.99. The van der Waals surface area contributed by atoms with E-state index in [0.29, 0.717) is 12.5 Å². The molecule has 3 aromatic rings. The number of rotatable bonds is 11. The Morgan fingerprint density at radius 3 is 2.71 bits per heavy atom. The molecule has 35 heavy (non-hydrogen) atoms. The van der Waals surface area contributed by atoms with Crippen molar-refractivity contribution in [2.45, 2.75) is 44.1 Å². The Balaban J connectivity index is 1.43. The Morgan fingerprint density at radius 1 is 1.17 bits per heavy atom. The molecule has 0 unspecified atom stereocenters.